The fourth-order valence-electron chi connectivity index (χ4n) is 1.81. The number of carbonyl (C=O) groups is 1. The number of hydrogen-bond donors (Lipinski definition) is 0. The van der Waals surface area contributed by atoms with E-state index in [9.17, 15) is 24.2 Å². The zero-order valence-corrected chi connectivity index (χ0v) is 17.0. The van der Waals surface area contributed by atoms with Crippen molar-refractivity contribution in [3.05, 3.63) is 50.9 Å². The minimum Gasteiger partial charge on any atom is -0.465 e. The monoisotopic (exact) mass is 526 g/mol. The van der Waals surface area contributed by atoms with Gasteiger partial charge in [0, 0.05) is 18.7 Å². The summed E-state index contributed by atoms with van der Waals surface area (Å²) in [6, 6.07) is 6.40. The predicted molar refractivity (Wildman–Crippen MR) is 95.1 cm³/mol. The van der Waals surface area contributed by atoms with E-state index in [-0.39, 0.29) is 14.9 Å². The molecule has 11 heteroatoms. The molecule has 25 heavy (non-hydrogen) atoms. The lowest BCUT2D eigenvalue weighted by Crippen LogP contribution is -2.06. The Morgan fingerprint density at radius 3 is 1.96 bits per heavy atom. The summed E-state index contributed by atoms with van der Waals surface area (Å²) >= 11 is 6.80. The van der Waals surface area contributed by atoms with Crippen molar-refractivity contribution in [2.45, 2.75) is 14.7 Å². The molecule has 0 bridgehead atoms. The van der Waals surface area contributed by atoms with E-state index in [1.807, 2.05) is 0 Å². The predicted octanol–water partition coefficient (Wildman–Crippen LogP) is 7.81. The van der Waals surface area contributed by atoms with Gasteiger partial charge in [0.2, 0.25) is 0 Å². The summed E-state index contributed by atoms with van der Waals surface area (Å²) in [5.74, 6) is -0.634. The summed E-state index contributed by atoms with van der Waals surface area (Å²) in [5, 5.41) is 0. The third-order valence-corrected chi connectivity index (χ3v) is 5.80. The Morgan fingerprint density at radius 2 is 1.44 bits per heavy atom. The quantitative estimate of drug-likeness (QED) is 0.299. The zero-order chi connectivity index (χ0) is 19.1. The highest BCUT2D eigenvalue weighted by Gasteiger charge is 2.65. The molecule has 2 rings (SSSR count). The maximum Gasteiger partial charge on any atom is 0.337 e. The molecule has 0 aliphatic rings. The zero-order valence-electron chi connectivity index (χ0n) is 12.2. The van der Waals surface area contributed by atoms with E-state index in [0.29, 0.717) is 21.5 Å². The van der Waals surface area contributed by atoms with Crippen molar-refractivity contribution < 1.29 is 29.0 Å². The average molecular weight is 528 g/mol. The van der Waals surface area contributed by atoms with E-state index >= 15 is 0 Å². The van der Waals surface area contributed by atoms with Crippen molar-refractivity contribution in [2.75, 3.05) is 7.11 Å². The van der Waals surface area contributed by atoms with E-state index in [0.717, 1.165) is 11.8 Å². The fourth-order valence-corrected chi connectivity index (χ4v) is 5.04. The molecule has 0 amide bonds. The van der Waals surface area contributed by atoms with Crippen molar-refractivity contribution in [1.29, 1.82) is 0 Å². The molecule has 0 radical (unpaired) electrons. The molecule has 0 unspecified atom stereocenters. The number of halogens is 7. The highest BCUT2D eigenvalue weighted by atomic mass is 79.9. The molecule has 0 heterocycles. The molecule has 0 saturated carbocycles. The van der Waals surface area contributed by atoms with E-state index in [1.54, 1.807) is 0 Å². The van der Waals surface area contributed by atoms with Crippen LogP contribution in [0.15, 0.2) is 60.0 Å². The second kappa shape index (κ2) is 6.14. The first-order valence-corrected chi connectivity index (χ1v) is 10.6. The Balaban J connectivity index is 2.48. The van der Waals surface area contributed by atoms with Crippen LogP contribution in [0.1, 0.15) is 10.4 Å². The van der Waals surface area contributed by atoms with Crippen LogP contribution in [-0.2, 0) is 4.74 Å². The Labute approximate surface area is 161 Å². The average Bonchev–Trinajstić information content (AvgIpc) is 2.42. The topological polar surface area (TPSA) is 26.3 Å². The van der Waals surface area contributed by atoms with Gasteiger partial charge in [-0.3, -0.25) is 0 Å². The molecule has 0 aliphatic carbocycles. The van der Waals surface area contributed by atoms with Crippen LogP contribution in [0, 0.1) is 0 Å². The summed E-state index contributed by atoms with van der Waals surface area (Å²) in [5.41, 5.74) is 0.169. The standard InChI is InChI=1S/C14H9Br2F5O2S2/c1-23-14(22)8-2-9(15)4-11(3-8)24-12-5-10(16)6-13(7-12)25(17,18,19,20)21/h2-7H,1H3. The van der Waals surface area contributed by atoms with Gasteiger partial charge in [-0.2, -0.15) is 0 Å². The first-order chi connectivity index (χ1) is 11.2. The van der Waals surface area contributed by atoms with Gasteiger partial charge in [0.25, 0.3) is 0 Å². The smallest absolute Gasteiger partial charge is 0.337 e. The molecule has 0 fully saturated rings. The molecule has 2 nitrogen and oxygen atoms in total. The Kier molecular flexibility index (Phi) is 5.04. The highest BCUT2D eigenvalue weighted by molar-refractivity contribution is 9.10. The molecule has 0 N–H and O–H groups in total. The van der Waals surface area contributed by atoms with E-state index < -0.39 is 21.1 Å². The molecule has 0 spiro atoms. The first kappa shape index (κ1) is 20.5. The van der Waals surface area contributed by atoms with Gasteiger partial charge >= 0.3 is 16.2 Å². The lowest BCUT2D eigenvalue weighted by Gasteiger charge is -2.40. The first-order valence-electron chi connectivity index (χ1n) is 6.29. The van der Waals surface area contributed by atoms with Crippen molar-refractivity contribution in [2.24, 2.45) is 0 Å². The molecule has 2 aromatic carbocycles. The minimum absolute atomic E-state index is 0.0634. The summed E-state index contributed by atoms with van der Waals surface area (Å²) < 4.78 is 70.1. The van der Waals surface area contributed by atoms with Gasteiger partial charge in [-0.15, -0.1) is 0 Å². The van der Waals surface area contributed by atoms with Gasteiger partial charge in [0.15, 0.2) is 0 Å². The van der Waals surface area contributed by atoms with Crippen LogP contribution in [0.3, 0.4) is 0 Å². The molecule has 0 aromatic heterocycles. The summed E-state index contributed by atoms with van der Waals surface area (Å²) in [6.45, 7) is 0. The molecular formula is C14H9Br2F5O2S2. The third-order valence-electron chi connectivity index (χ3n) is 2.82. The number of ether oxygens (including phenoxy) is 1. The van der Waals surface area contributed by atoms with Crippen LogP contribution >= 0.6 is 53.8 Å². The minimum atomic E-state index is -9.80. The van der Waals surface area contributed by atoms with Crippen LogP contribution in [0.5, 0.6) is 0 Å². The fraction of sp³-hybridized carbons (Fsp3) is 0.0714. The second-order valence-electron chi connectivity index (χ2n) is 4.86. The van der Waals surface area contributed by atoms with E-state index in [2.05, 4.69) is 36.6 Å². The molecule has 138 valence electrons. The van der Waals surface area contributed by atoms with Crippen LogP contribution in [-0.4, -0.2) is 13.1 Å². The van der Waals surface area contributed by atoms with E-state index in [1.165, 1.54) is 31.4 Å². The Hall–Kier alpha value is -0.780. The lowest BCUT2D eigenvalue weighted by molar-refractivity contribution is 0.0600. The number of hydrogen-bond acceptors (Lipinski definition) is 3. The molecule has 0 atom stereocenters. The highest BCUT2D eigenvalue weighted by Crippen LogP contribution is 3.02. The van der Waals surface area contributed by atoms with Crippen LogP contribution in [0.2, 0.25) is 0 Å². The Bertz CT molecular complexity index is 857. The third kappa shape index (κ3) is 5.60. The molecule has 0 aliphatic heterocycles. The molecular weight excluding hydrogens is 519 g/mol. The largest absolute Gasteiger partial charge is 0.465 e. The molecule has 2 aromatic rings. The van der Waals surface area contributed by atoms with Crippen LogP contribution in [0.25, 0.3) is 0 Å². The van der Waals surface area contributed by atoms with Gasteiger partial charge in [-0.1, -0.05) is 63.1 Å². The maximum absolute atomic E-state index is 13.0. The van der Waals surface area contributed by atoms with Gasteiger partial charge in [-0.05, 0) is 36.4 Å². The summed E-state index contributed by atoms with van der Waals surface area (Å²) in [4.78, 5) is 9.92. The lowest BCUT2D eigenvalue weighted by atomic mass is 10.2. The number of carbonyl (C=O) groups excluding carboxylic acids is 1. The van der Waals surface area contributed by atoms with Crippen molar-refractivity contribution in [1.82, 2.24) is 0 Å². The number of esters is 1. The van der Waals surface area contributed by atoms with Crippen molar-refractivity contribution in [3.8, 4) is 0 Å². The van der Waals surface area contributed by atoms with Gasteiger partial charge in [0.1, 0.15) is 4.90 Å². The summed E-state index contributed by atoms with van der Waals surface area (Å²) in [6.07, 6.45) is 0. The normalized spacial score (nSPS) is 14.6. The van der Waals surface area contributed by atoms with Gasteiger partial charge < -0.3 is 4.74 Å². The maximum atomic E-state index is 13.0. The van der Waals surface area contributed by atoms with E-state index in [4.69, 9.17) is 0 Å². The summed E-state index contributed by atoms with van der Waals surface area (Å²) in [7, 11) is -8.61. The van der Waals surface area contributed by atoms with Crippen molar-refractivity contribution in [3.63, 3.8) is 0 Å². The number of benzene rings is 2. The van der Waals surface area contributed by atoms with Crippen molar-refractivity contribution >= 4 is 59.8 Å². The van der Waals surface area contributed by atoms with Gasteiger partial charge in [-0.25, -0.2) is 4.79 Å². The van der Waals surface area contributed by atoms with Crippen LogP contribution < -0.4 is 0 Å². The SMILES string of the molecule is COC(=O)c1cc(Br)cc(Sc2cc(Br)cc(S(F)(F)(F)(F)F)c2)c1. The number of rotatable bonds is 4. The number of methoxy groups -OCH3 is 1. The molecule has 0 saturated heterocycles. The van der Waals surface area contributed by atoms with Crippen LogP contribution in [0.4, 0.5) is 19.4 Å². The van der Waals surface area contributed by atoms with Gasteiger partial charge in [0.05, 0.1) is 12.7 Å². The Morgan fingerprint density at radius 1 is 0.920 bits per heavy atom. The second-order valence-corrected chi connectivity index (χ2v) is 10.2.